The molecule has 3 N–H and O–H groups in total. The fourth-order valence-corrected chi connectivity index (χ4v) is 3.30. The molecule has 1 aliphatic rings. The molecule has 4 amide bonds. The van der Waals surface area contributed by atoms with E-state index in [4.69, 9.17) is 23.7 Å². The van der Waals surface area contributed by atoms with Crippen LogP contribution in [-0.2, 0) is 42.9 Å². The summed E-state index contributed by atoms with van der Waals surface area (Å²) >= 11 is 0. The molecule has 1 fully saturated rings. The van der Waals surface area contributed by atoms with E-state index in [9.17, 15) is 28.8 Å². The number of esters is 4. The molecule has 14 heteroatoms. The normalized spacial score (nSPS) is 22.8. The molecule has 0 saturated carbocycles. The molecule has 1 aromatic carbocycles. The van der Waals surface area contributed by atoms with E-state index in [2.05, 4.69) is 10.6 Å². The highest BCUT2D eigenvalue weighted by Crippen LogP contribution is 2.28. The lowest BCUT2D eigenvalue weighted by Crippen LogP contribution is -2.67. The van der Waals surface area contributed by atoms with E-state index in [-0.39, 0.29) is 0 Å². The molecule has 1 heterocycles. The van der Waals surface area contributed by atoms with Crippen molar-refractivity contribution in [1.29, 1.82) is 0 Å². The number of para-hydroxylation sites is 1. The van der Waals surface area contributed by atoms with Crippen LogP contribution in [0, 0.1) is 0 Å². The summed E-state index contributed by atoms with van der Waals surface area (Å²) in [7, 11) is 0. The second-order valence-corrected chi connectivity index (χ2v) is 7.54. The molecule has 0 unspecified atom stereocenters. The van der Waals surface area contributed by atoms with Crippen LogP contribution in [0.5, 0.6) is 0 Å². The molecule has 196 valence electrons. The third-order valence-corrected chi connectivity index (χ3v) is 4.52. The smallest absolute Gasteiger partial charge is 0.327 e. The number of anilines is 1. The highest BCUT2D eigenvalue weighted by atomic mass is 16.7. The lowest BCUT2D eigenvalue weighted by Gasteiger charge is -2.44. The fraction of sp³-hybridized carbons (Fsp3) is 0.455. The Balaban J connectivity index is 2.27. The second kappa shape index (κ2) is 13.0. The van der Waals surface area contributed by atoms with Crippen LogP contribution in [0.2, 0.25) is 0 Å². The van der Waals surface area contributed by atoms with Crippen molar-refractivity contribution in [3.8, 4) is 0 Å². The van der Waals surface area contributed by atoms with Gasteiger partial charge in [-0.15, -0.1) is 0 Å². The molecule has 1 saturated heterocycles. The zero-order valence-corrected chi connectivity index (χ0v) is 20.0. The van der Waals surface area contributed by atoms with Crippen LogP contribution in [0.15, 0.2) is 30.3 Å². The maximum absolute atomic E-state index is 12.5. The van der Waals surface area contributed by atoms with Gasteiger partial charge in [-0.25, -0.2) is 9.59 Å². The van der Waals surface area contributed by atoms with Crippen molar-refractivity contribution in [3.05, 3.63) is 30.3 Å². The number of benzene rings is 1. The molecule has 1 aliphatic heterocycles. The van der Waals surface area contributed by atoms with E-state index in [1.165, 1.54) is 0 Å². The van der Waals surface area contributed by atoms with Crippen LogP contribution >= 0.6 is 0 Å². The lowest BCUT2D eigenvalue weighted by molar-refractivity contribution is -0.255. The number of nitrogens with one attached hydrogen (secondary N) is 3. The molecule has 0 spiro atoms. The minimum atomic E-state index is -1.52. The minimum Gasteiger partial charge on any atom is -0.463 e. The average molecular weight is 509 g/mol. The molecule has 0 aromatic heterocycles. The molecule has 0 radical (unpaired) electrons. The molecule has 14 nitrogen and oxygen atoms in total. The first kappa shape index (κ1) is 28.0. The van der Waals surface area contributed by atoms with Crippen LogP contribution in [-0.4, -0.2) is 73.2 Å². The van der Waals surface area contributed by atoms with Gasteiger partial charge < -0.3 is 34.3 Å². The van der Waals surface area contributed by atoms with E-state index < -0.39 is 73.2 Å². The molecule has 36 heavy (non-hydrogen) atoms. The average Bonchev–Trinajstić information content (AvgIpc) is 2.76. The van der Waals surface area contributed by atoms with Crippen LogP contribution < -0.4 is 16.0 Å². The summed E-state index contributed by atoms with van der Waals surface area (Å²) in [5.74, 6) is -3.15. The number of imide groups is 1. The number of carbonyl (C=O) groups is 6. The van der Waals surface area contributed by atoms with E-state index >= 15 is 0 Å². The Morgan fingerprint density at radius 1 is 0.750 bits per heavy atom. The Morgan fingerprint density at radius 2 is 1.31 bits per heavy atom. The third kappa shape index (κ3) is 8.87. The van der Waals surface area contributed by atoms with Gasteiger partial charge in [0.25, 0.3) is 0 Å². The Kier molecular flexibility index (Phi) is 10.2. The molecule has 0 aliphatic carbocycles. The monoisotopic (exact) mass is 509 g/mol. The summed E-state index contributed by atoms with van der Waals surface area (Å²) in [5, 5.41) is 6.75. The number of amides is 4. The molecule has 1 aromatic rings. The molecular weight excluding hydrogens is 482 g/mol. The van der Waals surface area contributed by atoms with Gasteiger partial charge in [-0.3, -0.25) is 24.5 Å². The fourth-order valence-electron chi connectivity index (χ4n) is 3.30. The van der Waals surface area contributed by atoms with Crippen molar-refractivity contribution in [1.82, 2.24) is 10.6 Å². The maximum atomic E-state index is 12.5. The molecule has 5 atom stereocenters. The Bertz CT molecular complexity index is 985. The minimum absolute atomic E-state index is 0.412. The Morgan fingerprint density at radius 3 is 1.86 bits per heavy atom. The quantitative estimate of drug-likeness (QED) is 0.345. The van der Waals surface area contributed by atoms with Crippen LogP contribution in [0.4, 0.5) is 15.3 Å². The SMILES string of the molecule is CC(=O)OC[C@H]1O[C@@H](NC(=O)NC(=O)Nc2ccccc2)[C@H](OC(C)=O)[C@@H](OC(C)=O)[C@@H]1OC(C)=O. The first-order chi connectivity index (χ1) is 17.0. The van der Waals surface area contributed by atoms with Gasteiger partial charge in [0.1, 0.15) is 12.7 Å². The summed E-state index contributed by atoms with van der Waals surface area (Å²) in [6, 6.07) is 6.32. The van der Waals surface area contributed by atoms with Crippen molar-refractivity contribution < 1.29 is 52.5 Å². The van der Waals surface area contributed by atoms with Gasteiger partial charge in [-0.1, -0.05) is 18.2 Å². The van der Waals surface area contributed by atoms with E-state index in [1.54, 1.807) is 30.3 Å². The van der Waals surface area contributed by atoms with Crippen LogP contribution in [0.25, 0.3) is 0 Å². The van der Waals surface area contributed by atoms with Gasteiger partial charge in [0.15, 0.2) is 24.5 Å². The Hall–Kier alpha value is -4.20. The highest BCUT2D eigenvalue weighted by Gasteiger charge is 2.52. The van der Waals surface area contributed by atoms with Crippen LogP contribution in [0.1, 0.15) is 27.7 Å². The highest BCUT2D eigenvalue weighted by molar-refractivity contribution is 6.00. The number of urea groups is 2. The number of carbonyl (C=O) groups excluding carboxylic acids is 6. The van der Waals surface area contributed by atoms with Gasteiger partial charge in [-0.05, 0) is 12.1 Å². The first-order valence-corrected chi connectivity index (χ1v) is 10.7. The van der Waals surface area contributed by atoms with E-state index in [0.717, 1.165) is 27.7 Å². The predicted octanol–water partition coefficient (Wildman–Crippen LogP) is 0.601. The number of rotatable bonds is 7. The number of ether oxygens (including phenoxy) is 5. The third-order valence-electron chi connectivity index (χ3n) is 4.52. The molecular formula is C22H27N3O11. The van der Waals surface area contributed by atoms with Gasteiger partial charge in [-0.2, -0.15) is 0 Å². The van der Waals surface area contributed by atoms with Crippen molar-refractivity contribution in [3.63, 3.8) is 0 Å². The maximum Gasteiger partial charge on any atom is 0.327 e. The standard InChI is InChI=1S/C22H27N3O11/c1-11(26)32-10-16-17(33-12(2)27)18(34-13(3)28)19(35-14(4)29)20(36-16)24-22(31)25-21(30)23-15-8-6-5-7-9-15/h5-9,16-20H,10H2,1-4H3,(H3,23,24,25,30,31)/t16-,17-,18+,19-,20-/m1/s1. The largest absolute Gasteiger partial charge is 0.463 e. The zero-order chi connectivity index (χ0) is 26.8. The number of hydrogen-bond acceptors (Lipinski definition) is 11. The predicted molar refractivity (Wildman–Crippen MR) is 119 cm³/mol. The van der Waals surface area contributed by atoms with Gasteiger partial charge in [0, 0.05) is 33.4 Å². The summed E-state index contributed by atoms with van der Waals surface area (Å²) in [6.07, 6.45) is -7.12. The summed E-state index contributed by atoms with van der Waals surface area (Å²) in [6.45, 7) is 3.86. The molecule has 0 bridgehead atoms. The van der Waals surface area contributed by atoms with Gasteiger partial charge in [0.2, 0.25) is 0 Å². The summed E-state index contributed by atoms with van der Waals surface area (Å²) < 4.78 is 26.4. The summed E-state index contributed by atoms with van der Waals surface area (Å²) in [5.41, 5.74) is 0.412. The number of hydrogen-bond donors (Lipinski definition) is 3. The molecule has 2 rings (SSSR count). The summed E-state index contributed by atoms with van der Waals surface area (Å²) in [4.78, 5) is 71.4. The van der Waals surface area contributed by atoms with Crippen molar-refractivity contribution in [2.75, 3.05) is 11.9 Å². The van der Waals surface area contributed by atoms with Crippen molar-refractivity contribution in [2.24, 2.45) is 0 Å². The second-order valence-electron chi connectivity index (χ2n) is 7.54. The topological polar surface area (TPSA) is 185 Å². The van der Waals surface area contributed by atoms with Gasteiger partial charge >= 0.3 is 35.9 Å². The first-order valence-electron chi connectivity index (χ1n) is 10.7. The van der Waals surface area contributed by atoms with Gasteiger partial charge in [0.05, 0.1) is 0 Å². The van der Waals surface area contributed by atoms with E-state index in [0.29, 0.717) is 5.69 Å². The lowest BCUT2D eigenvalue weighted by atomic mass is 9.97. The van der Waals surface area contributed by atoms with E-state index in [1.807, 2.05) is 5.32 Å². The van der Waals surface area contributed by atoms with Crippen molar-refractivity contribution >= 4 is 41.6 Å². The Labute approximate surface area is 205 Å². The zero-order valence-electron chi connectivity index (χ0n) is 20.0. The van der Waals surface area contributed by atoms with Crippen LogP contribution in [0.3, 0.4) is 0 Å². The van der Waals surface area contributed by atoms with Crippen molar-refractivity contribution in [2.45, 2.75) is 58.3 Å².